The van der Waals surface area contributed by atoms with E-state index in [4.69, 9.17) is 23.2 Å². The largest absolute Gasteiger partial charge is 0.350 e. The molecule has 1 unspecified atom stereocenters. The van der Waals surface area contributed by atoms with Gasteiger partial charge in [-0.1, -0.05) is 42.6 Å². The normalized spacial score (nSPS) is 12.6. The fraction of sp³-hybridized carbons (Fsp3) is 0.375. The molecule has 1 heterocycles. The molecular weight excluding hydrogens is 291 g/mol. The predicted molar refractivity (Wildman–Crippen MR) is 86.7 cm³/mol. The average Bonchev–Trinajstić information content (AvgIpc) is 2.88. The van der Waals surface area contributed by atoms with Gasteiger partial charge in [0, 0.05) is 25.0 Å². The molecule has 0 aliphatic heterocycles. The van der Waals surface area contributed by atoms with E-state index in [1.807, 2.05) is 25.2 Å². The van der Waals surface area contributed by atoms with Crippen LogP contribution in [0.1, 0.15) is 36.9 Å². The lowest BCUT2D eigenvalue weighted by molar-refractivity contribution is 0.540. The zero-order chi connectivity index (χ0) is 14.5. The highest BCUT2D eigenvalue weighted by Gasteiger charge is 2.09. The topological polar surface area (TPSA) is 17.0 Å². The minimum absolute atomic E-state index is 0.426. The van der Waals surface area contributed by atoms with Gasteiger partial charge in [0.25, 0.3) is 0 Å². The summed E-state index contributed by atoms with van der Waals surface area (Å²) in [5, 5.41) is 4.57. The molecule has 1 N–H and O–H groups in total. The molecule has 0 saturated carbocycles. The first-order valence-electron chi connectivity index (χ1n) is 6.91. The first-order valence-corrected chi connectivity index (χ1v) is 7.66. The molecule has 1 aromatic carbocycles. The predicted octanol–water partition coefficient (Wildman–Crippen LogP) is 4.90. The smallest absolute Gasteiger partial charge is 0.0595 e. The van der Waals surface area contributed by atoms with Crippen molar-refractivity contribution in [3.63, 3.8) is 0 Å². The van der Waals surface area contributed by atoms with Crippen LogP contribution in [0.3, 0.4) is 0 Å². The molecule has 0 radical (unpaired) electrons. The third-order valence-electron chi connectivity index (χ3n) is 3.45. The van der Waals surface area contributed by atoms with Crippen LogP contribution in [0, 0.1) is 0 Å². The van der Waals surface area contributed by atoms with Crippen LogP contribution in [0.2, 0.25) is 10.0 Å². The Labute approximate surface area is 130 Å². The summed E-state index contributed by atoms with van der Waals surface area (Å²) in [4.78, 5) is 0. The number of aromatic nitrogens is 1. The molecule has 0 saturated heterocycles. The van der Waals surface area contributed by atoms with E-state index in [-0.39, 0.29) is 0 Å². The van der Waals surface area contributed by atoms with Gasteiger partial charge in [-0.25, -0.2) is 0 Å². The Morgan fingerprint density at radius 2 is 2.00 bits per heavy atom. The quantitative estimate of drug-likeness (QED) is 0.802. The Morgan fingerprint density at radius 3 is 2.65 bits per heavy atom. The molecule has 0 aliphatic carbocycles. The van der Waals surface area contributed by atoms with Crippen molar-refractivity contribution in [2.24, 2.45) is 0 Å². The molecule has 0 fully saturated rings. The maximum Gasteiger partial charge on any atom is 0.0595 e. The summed E-state index contributed by atoms with van der Waals surface area (Å²) in [6.45, 7) is 3.01. The zero-order valence-electron chi connectivity index (χ0n) is 11.9. The number of nitrogens with one attached hydrogen (secondary N) is 1. The molecule has 1 aromatic heterocycles. The third-order valence-corrected chi connectivity index (χ3v) is 4.19. The van der Waals surface area contributed by atoms with E-state index in [0.29, 0.717) is 16.1 Å². The lowest BCUT2D eigenvalue weighted by atomic mass is 10.1. The summed E-state index contributed by atoms with van der Waals surface area (Å²) < 4.78 is 2.18. The highest BCUT2D eigenvalue weighted by atomic mass is 35.5. The summed E-state index contributed by atoms with van der Waals surface area (Å²) in [5.74, 6) is 0. The van der Waals surface area contributed by atoms with Crippen molar-refractivity contribution in [1.82, 2.24) is 9.88 Å². The van der Waals surface area contributed by atoms with Crippen molar-refractivity contribution in [2.75, 3.05) is 7.05 Å². The van der Waals surface area contributed by atoms with Crippen molar-refractivity contribution in [1.29, 1.82) is 0 Å². The van der Waals surface area contributed by atoms with Gasteiger partial charge in [-0.15, -0.1) is 0 Å². The van der Waals surface area contributed by atoms with Crippen LogP contribution in [0.15, 0.2) is 36.7 Å². The highest BCUT2D eigenvalue weighted by molar-refractivity contribution is 6.42. The number of nitrogens with zero attached hydrogens (tertiary/aromatic N) is 1. The minimum atomic E-state index is 0.426. The minimum Gasteiger partial charge on any atom is -0.350 e. The molecule has 0 amide bonds. The summed E-state index contributed by atoms with van der Waals surface area (Å²) >= 11 is 12.0. The molecular formula is C16H20Cl2N2. The van der Waals surface area contributed by atoms with E-state index < -0.39 is 0 Å². The summed E-state index contributed by atoms with van der Waals surface area (Å²) in [6, 6.07) is 8.38. The molecule has 2 rings (SSSR count). The lowest BCUT2D eigenvalue weighted by Crippen LogP contribution is -2.15. The van der Waals surface area contributed by atoms with Gasteiger partial charge in [0.1, 0.15) is 0 Å². The van der Waals surface area contributed by atoms with Crippen molar-refractivity contribution in [2.45, 2.75) is 32.4 Å². The summed E-state index contributed by atoms with van der Waals surface area (Å²) in [5.41, 5.74) is 2.48. The van der Waals surface area contributed by atoms with Gasteiger partial charge in [-0.3, -0.25) is 0 Å². The van der Waals surface area contributed by atoms with E-state index in [9.17, 15) is 0 Å². The maximum atomic E-state index is 6.05. The fourth-order valence-electron chi connectivity index (χ4n) is 2.38. The second-order valence-corrected chi connectivity index (χ2v) is 5.81. The van der Waals surface area contributed by atoms with Crippen molar-refractivity contribution >= 4 is 23.2 Å². The fourth-order valence-corrected chi connectivity index (χ4v) is 2.70. The Balaban J connectivity index is 2.10. The average molecular weight is 311 g/mol. The molecule has 0 aliphatic rings. The number of hydrogen-bond donors (Lipinski definition) is 1. The number of rotatable bonds is 6. The zero-order valence-corrected chi connectivity index (χ0v) is 13.4. The van der Waals surface area contributed by atoms with Gasteiger partial charge in [-0.2, -0.15) is 0 Å². The van der Waals surface area contributed by atoms with E-state index >= 15 is 0 Å². The maximum absolute atomic E-state index is 6.05. The molecule has 4 heteroatoms. The van der Waals surface area contributed by atoms with Crippen molar-refractivity contribution < 1.29 is 0 Å². The van der Waals surface area contributed by atoms with E-state index in [1.165, 1.54) is 12.0 Å². The number of hydrogen-bond acceptors (Lipinski definition) is 1. The van der Waals surface area contributed by atoms with Crippen molar-refractivity contribution in [3.8, 4) is 0 Å². The molecule has 0 bridgehead atoms. The number of halogens is 2. The van der Waals surface area contributed by atoms with E-state index in [0.717, 1.165) is 18.5 Å². The molecule has 20 heavy (non-hydrogen) atoms. The second kappa shape index (κ2) is 7.16. The van der Waals surface area contributed by atoms with Gasteiger partial charge in [0.15, 0.2) is 0 Å². The van der Waals surface area contributed by atoms with E-state index in [1.54, 1.807) is 0 Å². The second-order valence-electron chi connectivity index (χ2n) is 5.00. The Kier molecular flexibility index (Phi) is 5.53. The summed E-state index contributed by atoms with van der Waals surface area (Å²) in [6.07, 6.45) is 6.62. The van der Waals surface area contributed by atoms with Crippen LogP contribution in [-0.4, -0.2) is 11.6 Å². The van der Waals surface area contributed by atoms with Gasteiger partial charge in [-0.05, 0) is 42.8 Å². The summed E-state index contributed by atoms with van der Waals surface area (Å²) in [7, 11) is 2.01. The Morgan fingerprint density at radius 1 is 1.20 bits per heavy atom. The third kappa shape index (κ3) is 3.78. The van der Waals surface area contributed by atoms with E-state index in [2.05, 4.69) is 35.3 Å². The molecule has 2 nitrogen and oxygen atoms in total. The first kappa shape index (κ1) is 15.4. The Hall–Kier alpha value is -0.960. The monoisotopic (exact) mass is 310 g/mol. The van der Waals surface area contributed by atoms with Gasteiger partial charge in [0.2, 0.25) is 0 Å². The molecule has 1 atom stereocenters. The molecule has 0 spiro atoms. The van der Waals surface area contributed by atoms with Gasteiger partial charge < -0.3 is 9.88 Å². The molecule has 2 aromatic rings. The highest BCUT2D eigenvalue weighted by Crippen LogP contribution is 2.24. The van der Waals surface area contributed by atoms with Crippen LogP contribution in [0.25, 0.3) is 0 Å². The SMILES string of the molecule is CCCC(NC)c1ccn(Cc2ccc(Cl)c(Cl)c2)c1. The van der Waals surface area contributed by atoms with Crippen LogP contribution < -0.4 is 5.32 Å². The van der Waals surface area contributed by atoms with Gasteiger partial charge >= 0.3 is 0 Å². The lowest BCUT2D eigenvalue weighted by Gasteiger charge is -2.13. The van der Waals surface area contributed by atoms with Gasteiger partial charge in [0.05, 0.1) is 10.0 Å². The van der Waals surface area contributed by atoms with Crippen LogP contribution in [0.4, 0.5) is 0 Å². The van der Waals surface area contributed by atoms with Crippen LogP contribution in [0.5, 0.6) is 0 Å². The van der Waals surface area contributed by atoms with Crippen LogP contribution >= 0.6 is 23.2 Å². The van der Waals surface area contributed by atoms with Crippen molar-refractivity contribution in [3.05, 3.63) is 57.8 Å². The van der Waals surface area contributed by atoms with Crippen LogP contribution in [-0.2, 0) is 6.54 Å². The standard InChI is InChI=1S/C16H20Cl2N2/c1-3-4-16(19-2)13-7-8-20(11-13)10-12-5-6-14(17)15(18)9-12/h5-9,11,16,19H,3-4,10H2,1-2H3. The molecule has 108 valence electrons. The first-order chi connectivity index (χ1) is 9.63. The number of benzene rings is 1. The Bertz CT molecular complexity index is 563.